The van der Waals surface area contributed by atoms with E-state index >= 15 is 0 Å². The molecule has 3 unspecified atom stereocenters. The van der Waals surface area contributed by atoms with E-state index in [0.717, 1.165) is 70.0 Å². The highest BCUT2D eigenvalue weighted by Gasteiger charge is 2.38. The number of nitrogens with one attached hydrogen (secondary N) is 3. The highest BCUT2D eigenvalue weighted by Crippen LogP contribution is 2.40. The number of nitrogens with zero attached hydrogens (tertiary/aromatic N) is 3. The quantitative estimate of drug-likeness (QED) is 0.732. The van der Waals surface area contributed by atoms with Crippen LogP contribution in [0.15, 0.2) is 48.7 Å². The van der Waals surface area contributed by atoms with Crippen molar-refractivity contribution in [3.63, 3.8) is 0 Å². The van der Waals surface area contributed by atoms with Crippen molar-refractivity contribution < 1.29 is 0 Å². The second kappa shape index (κ2) is 7.60. The summed E-state index contributed by atoms with van der Waals surface area (Å²) in [6.45, 7) is 8.75. The van der Waals surface area contributed by atoms with Gasteiger partial charge in [0, 0.05) is 75.5 Å². The first-order valence-electron chi connectivity index (χ1n) is 11.3. The van der Waals surface area contributed by atoms with Crippen LogP contribution in [0.25, 0.3) is 5.70 Å². The summed E-state index contributed by atoms with van der Waals surface area (Å²) in [7, 11) is 0. The van der Waals surface area contributed by atoms with E-state index < -0.39 is 0 Å². The Morgan fingerprint density at radius 3 is 2.43 bits per heavy atom. The average Bonchev–Trinajstić information content (AvgIpc) is 3.42. The third-order valence-corrected chi connectivity index (χ3v) is 7.14. The van der Waals surface area contributed by atoms with Crippen LogP contribution in [0.3, 0.4) is 0 Å². The predicted molar refractivity (Wildman–Crippen MR) is 122 cm³/mol. The fourth-order valence-electron chi connectivity index (χ4n) is 5.46. The van der Waals surface area contributed by atoms with Gasteiger partial charge in [-0.3, -0.25) is 0 Å². The lowest BCUT2D eigenvalue weighted by molar-refractivity contribution is 0.444. The fraction of sp³-hybridized carbons (Fsp3) is 0.458. The second-order valence-electron chi connectivity index (χ2n) is 8.99. The Hall–Kier alpha value is -2.57. The smallest absolute Gasteiger partial charge is 0.128 e. The number of hydrogen-bond acceptors (Lipinski definition) is 6. The number of likely N-dealkylation sites (tertiary alicyclic amines) is 1. The molecule has 6 rings (SSSR count). The molecule has 3 fully saturated rings. The first kappa shape index (κ1) is 18.2. The molecule has 4 aliphatic rings. The van der Waals surface area contributed by atoms with Gasteiger partial charge in [0.25, 0.3) is 0 Å². The van der Waals surface area contributed by atoms with Crippen LogP contribution in [0.2, 0.25) is 0 Å². The maximum absolute atomic E-state index is 4.81. The maximum atomic E-state index is 4.81. The van der Waals surface area contributed by atoms with Crippen molar-refractivity contribution in [2.45, 2.75) is 6.04 Å². The number of rotatable bonds is 3. The lowest BCUT2D eigenvalue weighted by atomic mass is 9.97. The number of aromatic nitrogens is 1. The zero-order valence-electron chi connectivity index (χ0n) is 17.3. The van der Waals surface area contributed by atoms with E-state index in [1.807, 2.05) is 0 Å². The summed E-state index contributed by atoms with van der Waals surface area (Å²) in [5, 5.41) is 10.7. The number of benzene rings is 1. The van der Waals surface area contributed by atoms with Crippen LogP contribution in [0.5, 0.6) is 0 Å². The van der Waals surface area contributed by atoms with Crippen molar-refractivity contribution in [1.82, 2.24) is 20.5 Å². The van der Waals surface area contributed by atoms with Gasteiger partial charge in [-0.15, -0.1) is 0 Å². The van der Waals surface area contributed by atoms with Crippen molar-refractivity contribution in [2.24, 2.45) is 11.8 Å². The molecule has 3 N–H and O–H groups in total. The molecule has 6 heteroatoms. The standard InChI is InChI=1S/C24H30N6/c1-2-4-21-20(3-1)23(30-15-18-12-26-13-19(18)16-30)11-22(28-21)17-5-6-24(27-14-17)29-9-7-25-8-10-29/h1-6,11,14,18-19,22,25-26,28H,7-10,12-13,15-16H2. The molecule has 0 aliphatic carbocycles. The number of hydrogen-bond donors (Lipinski definition) is 3. The minimum absolute atomic E-state index is 0.151. The molecule has 30 heavy (non-hydrogen) atoms. The largest absolute Gasteiger partial charge is 0.374 e. The number of piperazine rings is 1. The van der Waals surface area contributed by atoms with Gasteiger partial charge in [0.1, 0.15) is 5.82 Å². The molecule has 0 bridgehead atoms. The first-order chi connectivity index (χ1) is 14.8. The summed E-state index contributed by atoms with van der Waals surface area (Å²) < 4.78 is 0. The average molecular weight is 403 g/mol. The van der Waals surface area contributed by atoms with Gasteiger partial charge in [-0.05, 0) is 35.6 Å². The van der Waals surface area contributed by atoms with Crippen molar-refractivity contribution in [1.29, 1.82) is 0 Å². The van der Waals surface area contributed by atoms with Crippen LogP contribution in [-0.2, 0) is 0 Å². The Balaban J connectivity index is 1.29. The van der Waals surface area contributed by atoms with Gasteiger partial charge in [0.05, 0.1) is 6.04 Å². The highest BCUT2D eigenvalue weighted by atomic mass is 15.2. The molecule has 6 nitrogen and oxygen atoms in total. The molecule has 0 radical (unpaired) electrons. The van der Waals surface area contributed by atoms with Crippen molar-refractivity contribution in [3.05, 3.63) is 59.8 Å². The molecule has 5 heterocycles. The minimum atomic E-state index is 0.151. The molecule has 0 amide bonds. The van der Waals surface area contributed by atoms with Gasteiger partial charge >= 0.3 is 0 Å². The summed E-state index contributed by atoms with van der Waals surface area (Å²) >= 11 is 0. The minimum Gasteiger partial charge on any atom is -0.374 e. The predicted octanol–water partition coefficient (Wildman–Crippen LogP) is 2.15. The molecule has 156 valence electrons. The van der Waals surface area contributed by atoms with E-state index in [1.54, 1.807) is 0 Å². The Morgan fingerprint density at radius 2 is 1.67 bits per heavy atom. The van der Waals surface area contributed by atoms with Crippen molar-refractivity contribution >= 4 is 17.2 Å². The van der Waals surface area contributed by atoms with Gasteiger partial charge in [0.2, 0.25) is 0 Å². The van der Waals surface area contributed by atoms with Gasteiger partial charge in [-0.1, -0.05) is 24.3 Å². The van der Waals surface area contributed by atoms with E-state index in [9.17, 15) is 0 Å². The van der Waals surface area contributed by atoms with Gasteiger partial charge in [-0.2, -0.15) is 0 Å². The van der Waals surface area contributed by atoms with Gasteiger partial charge in [0.15, 0.2) is 0 Å². The van der Waals surface area contributed by atoms with E-state index in [0.29, 0.717) is 0 Å². The van der Waals surface area contributed by atoms with Gasteiger partial charge in [-0.25, -0.2) is 4.98 Å². The molecule has 3 saturated heterocycles. The molecule has 1 aromatic heterocycles. The summed E-state index contributed by atoms with van der Waals surface area (Å²) in [5.41, 5.74) is 5.16. The monoisotopic (exact) mass is 402 g/mol. The van der Waals surface area contributed by atoms with E-state index in [1.165, 1.54) is 22.5 Å². The Bertz CT molecular complexity index is 921. The summed E-state index contributed by atoms with van der Waals surface area (Å²) in [6, 6.07) is 13.3. The lowest BCUT2D eigenvalue weighted by Gasteiger charge is -2.32. The van der Waals surface area contributed by atoms with E-state index in [-0.39, 0.29) is 6.04 Å². The molecule has 3 atom stereocenters. The number of pyridine rings is 1. The normalized spacial score (nSPS) is 28.0. The summed E-state index contributed by atoms with van der Waals surface area (Å²) in [6.07, 6.45) is 4.47. The van der Waals surface area contributed by atoms with Crippen LogP contribution >= 0.6 is 0 Å². The molecule has 1 aromatic carbocycles. The molecule has 0 saturated carbocycles. The number of para-hydroxylation sites is 1. The molecule has 0 spiro atoms. The fourth-order valence-corrected chi connectivity index (χ4v) is 5.46. The lowest BCUT2D eigenvalue weighted by Crippen LogP contribution is -2.43. The van der Waals surface area contributed by atoms with E-state index in [4.69, 9.17) is 4.98 Å². The van der Waals surface area contributed by atoms with E-state index in [2.05, 4.69) is 74.4 Å². The SMILES string of the molecule is C1=C(N2CC3CNCC3C2)c2ccccc2NC1c1ccc(N2CCNCC2)nc1. The zero-order chi connectivity index (χ0) is 19.9. The Kier molecular flexibility index (Phi) is 4.61. The van der Waals surface area contributed by atoms with Crippen LogP contribution in [-0.4, -0.2) is 62.2 Å². The third-order valence-electron chi connectivity index (χ3n) is 7.14. The number of anilines is 2. The summed E-state index contributed by atoms with van der Waals surface area (Å²) in [4.78, 5) is 9.79. The molecule has 2 aromatic rings. The first-order valence-corrected chi connectivity index (χ1v) is 11.3. The summed E-state index contributed by atoms with van der Waals surface area (Å²) in [5.74, 6) is 2.65. The Morgan fingerprint density at radius 1 is 0.867 bits per heavy atom. The molecular weight excluding hydrogens is 372 g/mol. The van der Waals surface area contributed by atoms with Crippen LogP contribution in [0.4, 0.5) is 11.5 Å². The van der Waals surface area contributed by atoms with Crippen LogP contribution in [0, 0.1) is 11.8 Å². The molecular formula is C24H30N6. The third kappa shape index (κ3) is 3.24. The Labute approximate surface area is 178 Å². The van der Waals surface area contributed by atoms with Crippen molar-refractivity contribution in [3.8, 4) is 0 Å². The maximum Gasteiger partial charge on any atom is 0.128 e. The second-order valence-corrected chi connectivity index (χ2v) is 8.99. The van der Waals surface area contributed by atoms with Crippen molar-refractivity contribution in [2.75, 3.05) is 62.6 Å². The number of fused-ring (bicyclic) bond motifs is 2. The molecule has 4 aliphatic heterocycles. The van der Waals surface area contributed by atoms with Crippen LogP contribution in [0.1, 0.15) is 17.2 Å². The zero-order valence-corrected chi connectivity index (χ0v) is 17.3. The van der Waals surface area contributed by atoms with Crippen LogP contribution < -0.4 is 20.9 Å². The highest BCUT2D eigenvalue weighted by molar-refractivity contribution is 5.79. The van der Waals surface area contributed by atoms with Gasteiger partial charge < -0.3 is 25.8 Å². The topological polar surface area (TPSA) is 55.5 Å².